The lowest BCUT2D eigenvalue weighted by atomic mass is 9.94. The van der Waals surface area contributed by atoms with Gasteiger partial charge in [-0.2, -0.15) is 0 Å². The number of allylic oxidation sites excluding steroid dienone is 1. The fourth-order valence-electron chi connectivity index (χ4n) is 4.23. The average Bonchev–Trinajstić information content (AvgIpc) is 3.22. The van der Waals surface area contributed by atoms with Crippen molar-refractivity contribution in [1.82, 2.24) is 4.57 Å². The number of benzene rings is 2. The SMILES string of the molecule is CCOc1c(OC)cccc1[C@H]1C(C(=O)OCCOC)=C(C)N=c2s/c(=C/c3ccc(SC)cc3)c(=O)n21. The minimum Gasteiger partial charge on any atom is -0.493 e. The number of aromatic nitrogens is 1. The molecular formula is C28H30N2O6S2. The number of rotatable bonds is 10. The molecule has 0 saturated carbocycles. The van der Waals surface area contributed by atoms with Crippen LogP contribution in [0.2, 0.25) is 0 Å². The first-order valence-electron chi connectivity index (χ1n) is 12.1. The minimum atomic E-state index is -0.820. The van der Waals surface area contributed by atoms with Gasteiger partial charge < -0.3 is 18.9 Å². The van der Waals surface area contributed by atoms with Crippen LogP contribution in [0.1, 0.15) is 31.0 Å². The summed E-state index contributed by atoms with van der Waals surface area (Å²) in [5.41, 5.74) is 1.98. The highest BCUT2D eigenvalue weighted by Crippen LogP contribution is 2.40. The normalized spacial score (nSPS) is 15.2. The molecule has 2 heterocycles. The predicted octanol–water partition coefficient (Wildman–Crippen LogP) is 3.55. The lowest BCUT2D eigenvalue weighted by molar-refractivity contribution is -0.140. The van der Waals surface area contributed by atoms with Gasteiger partial charge in [0.25, 0.3) is 5.56 Å². The second-order valence-electron chi connectivity index (χ2n) is 8.30. The molecule has 8 nitrogen and oxygen atoms in total. The van der Waals surface area contributed by atoms with Crippen molar-refractivity contribution in [2.75, 3.05) is 40.3 Å². The highest BCUT2D eigenvalue weighted by molar-refractivity contribution is 7.98. The van der Waals surface area contributed by atoms with Crippen LogP contribution in [0.15, 0.2) is 68.4 Å². The van der Waals surface area contributed by atoms with Gasteiger partial charge in [-0.05, 0) is 49.9 Å². The van der Waals surface area contributed by atoms with E-state index in [1.54, 1.807) is 36.4 Å². The number of thiazole rings is 1. The van der Waals surface area contributed by atoms with Crippen LogP contribution in [0.4, 0.5) is 0 Å². The Morgan fingerprint density at radius 1 is 1.16 bits per heavy atom. The minimum absolute atomic E-state index is 0.0751. The maximum absolute atomic E-state index is 13.9. The van der Waals surface area contributed by atoms with Crippen LogP contribution in [-0.2, 0) is 14.3 Å². The highest BCUT2D eigenvalue weighted by Gasteiger charge is 2.36. The molecule has 0 fully saturated rings. The number of hydrogen-bond donors (Lipinski definition) is 0. The van der Waals surface area contributed by atoms with E-state index in [9.17, 15) is 9.59 Å². The van der Waals surface area contributed by atoms with Crippen molar-refractivity contribution < 1.29 is 23.7 Å². The average molecular weight is 555 g/mol. The Morgan fingerprint density at radius 3 is 2.58 bits per heavy atom. The Morgan fingerprint density at radius 2 is 1.92 bits per heavy atom. The van der Waals surface area contributed by atoms with Crippen LogP contribution in [0.25, 0.3) is 6.08 Å². The summed E-state index contributed by atoms with van der Waals surface area (Å²) in [6.45, 7) is 4.31. The van der Waals surface area contributed by atoms with Crippen molar-refractivity contribution >= 4 is 35.1 Å². The van der Waals surface area contributed by atoms with Gasteiger partial charge in [-0.1, -0.05) is 35.6 Å². The molecule has 0 aliphatic carbocycles. The summed E-state index contributed by atoms with van der Waals surface area (Å²) in [4.78, 5) is 33.6. The first-order valence-corrected chi connectivity index (χ1v) is 14.1. The summed E-state index contributed by atoms with van der Waals surface area (Å²) >= 11 is 2.93. The van der Waals surface area contributed by atoms with Crippen molar-refractivity contribution in [2.24, 2.45) is 4.99 Å². The van der Waals surface area contributed by atoms with Gasteiger partial charge in [0.1, 0.15) is 12.6 Å². The fraction of sp³-hybridized carbons (Fsp3) is 0.321. The summed E-state index contributed by atoms with van der Waals surface area (Å²) < 4.78 is 24.1. The van der Waals surface area contributed by atoms with E-state index in [4.69, 9.17) is 18.9 Å². The number of methoxy groups -OCH3 is 2. The van der Waals surface area contributed by atoms with Gasteiger partial charge in [0.15, 0.2) is 16.3 Å². The molecular weight excluding hydrogens is 524 g/mol. The number of esters is 1. The van der Waals surface area contributed by atoms with Gasteiger partial charge in [0, 0.05) is 17.6 Å². The molecule has 0 radical (unpaired) electrons. The molecule has 0 saturated heterocycles. The Labute approximate surface area is 229 Å². The molecule has 0 bridgehead atoms. The second-order valence-corrected chi connectivity index (χ2v) is 10.2. The Hall–Kier alpha value is -3.34. The molecule has 1 aliphatic rings. The summed E-state index contributed by atoms with van der Waals surface area (Å²) in [5, 5.41) is 0. The molecule has 0 amide bonds. The van der Waals surface area contributed by atoms with Gasteiger partial charge in [-0.25, -0.2) is 9.79 Å². The zero-order valence-corrected chi connectivity index (χ0v) is 23.6. The van der Waals surface area contributed by atoms with Crippen molar-refractivity contribution in [3.8, 4) is 11.5 Å². The van der Waals surface area contributed by atoms with E-state index in [-0.39, 0.29) is 24.3 Å². The topological polar surface area (TPSA) is 88.4 Å². The smallest absolute Gasteiger partial charge is 0.338 e. The van der Waals surface area contributed by atoms with Crippen molar-refractivity contribution in [1.29, 1.82) is 0 Å². The number of ether oxygens (including phenoxy) is 4. The molecule has 3 aromatic rings. The van der Waals surface area contributed by atoms with E-state index in [0.717, 1.165) is 10.5 Å². The van der Waals surface area contributed by atoms with E-state index < -0.39 is 12.0 Å². The van der Waals surface area contributed by atoms with E-state index in [1.165, 1.54) is 18.4 Å². The molecule has 10 heteroatoms. The lowest BCUT2D eigenvalue weighted by Gasteiger charge is -2.27. The summed E-state index contributed by atoms with van der Waals surface area (Å²) in [6, 6.07) is 12.6. The van der Waals surface area contributed by atoms with Gasteiger partial charge >= 0.3 is 5.97 Å². The van der Waals surface area contributed by atoms with Crippen LogP contribution in [0.3, 0.4) is 0 Å². The number of carbonyl (C=O) groups excluding carboxylic acids is 1. The van der Waals surface area contributed by atoms with E-state index in [0.29, 0.717) is 38.7 Å². The van der Waals surface area contributed by atoms with E-state index in [2.05, 4.69) is 4.99 Å². The molecule has 38 heavy (non-hydrogen) atoms. The van der Waals surface area contributed by atoms with E-state index in [1.807, 2.05) is 55.7 Å². The third-order valence-corrected chi connectivity index (χ3v) is 7.71. The number of hydrogen-bond acceptors (Lipinski definition) is 9. The third-order valence-electron chi connectivity index (χ3n) is 5.99. The van der Waals surface area contributed by atoms with Crippen LogP contribution in [-0.4, -0.2) is 50.8 Å². The Kier molecular flexibility index (Phi) is 9.09. The van der Waals surface area contributed by atoms with Crippen molar-refractivity contribution in [2.45, 2.75) is 24.8 Å². The first-order chi connectivity index (χ1) is 18.4. The molecule has 0 unspecified atom stereocenters. The standard InChI is InChI=1S/C28H30N2O6S2/c1-6-35-25-20(8-7-9-21(25)34-4)24-23(27(32)36-15-14-33-3)17(2)29-28-30(24)26(31)22(38-28)16-18-10-12-19(37-5)13-11-18/h7-13,16,24H,6,14-15H2,1-5H3/b22-16+/t24-/m0/s1. The molecule has 1 aliphatic heterocycles. The van der Waals surface area contributed by atoms with Gasteiger partial charge in [0.05, 0.1) is 36.1 Å². The Balaban J connectivity index is 1.94. The second kappa shape index (κ2) is 12.5. The molecule has 1 aromatic heterocycles. The van der Waals surface area contributed by atoms with Crippen LogP contribution >= 0.6 is 23.1 Å². The molecule has 4 rings (SSSR count). The van der Waals surface area contributed by atoms with Crippen LogP contribution < -0.4 is 24.4 Å². The molecule has 1 atom stereocenters. The summed E-state index contributed by atoms with van der Waals surface area (Å²) in [7, 11) is 3.09. The van der Waals surface area contributed by atoms with Crippen LogP contribution in [0, 0.1) is 0 Å². The Bertz CT molecular complexity index is 1520. The highest BCUT2D eigenvalue weighted by atomic mass is 32.2. The molecule has 0 spiro atoms. The van der Waals surface area contributed by atoms with Gasteiger partial charge in [-0.3, -0.25) is 9.36 Å². The van der Waals surface area contributed by atoms with Gasteiger partial charge in [-0.15, -0.1) is 11.8 Å². The summed E-state index contributed by atoms with van der Waals surface area (Å²) in [5.74, 6) is 0.393. The summed E-state index contributed by atoms with van der Waals surface area (Å²) in [6.07, 6.45) is 3.86. The van der Waals surface area contributed by atoms with Crippen molar-refractivity contribution in [3.63, 3.8) is 0 Å². The van der Waals surface area contributed by atoms with Crippen molar-refractivity contribution in [3.05, 3.63) is 84.5 Å². The predicted molar refractivity (Wildman–Crippen MR) is 149 cm³/mol. The number of fused-ring (bicyclic) bond motifs is 1. The largest absolute Gasteiger partial charge is 0.493 e. The van der Waals surface area contributed by atoms with E-state index >= 15 is 0 Å². The monoisotopic (exact) mass is 554 g/mol. The quantitative estimate of drug-likeness (QED) is 0.215. The first kappa shape index (κ1) is 27.7. The maximum atomic E-state index is 13.9. The fourth-order valence-corrected chi connectivity index (χ4v) is 5.69. The van der Waals surface area contributed by atoms with Gasteiger partial charge in [0.2, 0.25) is 0 Å². The van der Waals surface area contributed by atoms with Crippen LogP contribution in [0.5, 0.6) is 11.5 Å². The lowest BCUT2D eigenvalue weighted by Crippen LogP contribution is -2.40. The zero-order chi connectivity index (χ0) is 27.2. The number of nitrogens with zero attached hydrogens (tertiary/aromatic N) is 2. The zero-order valence-electron chi connectivity index (χ0n) is 22.0. The molecule has 2 aromatic carbocycles. The number of thioether (sulfide) groups is 1. The number of carbonyl (C=O) groups is 1. The third kappa shape index (κ3) is 5.57. The maximum Gasteiger partial charge on any atom is 0.338 e. The number of para-hydroxylation sites is 1. The molecule has 200 valence electrons. The molecule has 0 N–H and O–H groups in total.